The molecule has 4 heterocycles. The number of benzene rings is 4. The van der Waals surface area contributed by atoms with Gasteiger partial charge in [-0.1, -0.05) is 56.7 Å². The number of hydrogen-bond acceptors (Lipinski definition) is 11. The van der Waals surface area contributed by atoms with E-state index in [-0.39, 0.29) is 87.0 Å². The number of carbonyl (C=O) groups excluding carboxylic acids is 1. The first-order chi connectivity index (χ1) is 28.6. The van der Waals surface area contributed by atoms with E-state index < -0.39 is 48.3 Å². The number of rotatable bonds is 6. The van der Waals surface area contributed by atoms with Crippen LogP contribution in [0.1, 0.15) is 55.8 Å². The van der Waals surface area contributed by atoms with Crippen LogP contribution in [0.25, 0.3) is 22.1 Å². The normalized spacial score (nSPS) is 18.9. The minimum atomic E-state index is -4.85. The smallest absolute Gasteiger partial charge is 0.435 e. The third-order valence-corrected chi connectivity index (χ3v) is 10.4. The van der Waals surface area contributed by atoms with E-state index in [1.165, 1.54) is 62.4 Å². The van der Waals surface area contributed by atoms with Gasteiger partial charge in [0.2, 0.25) is 0 Å². The van der Waals surface area contributed by atoms with Crippen molar-refractivity contribution in [2.45, 2.75) is 36.4 Å². The second-order valence-electron chi connectivity index (χ2n) is 13.5. The second kappa shape index (κ2) is 15.6. The van der Waals surface area contributed by atoms with Crippen LogP contribution in [0.4, 0.5) is 26.3 Å². The van der Waals surface area contributed by atoms with Gasteiger partial charge >= 0.3 is 24.3 Å². The van der Waals surface area contributed by atoms with Gasteiger partial charge in [-0.15, -0.1) is 0 Å². The summed E-state index contributed by atoms with van der Waals surface area (Å²) < 4.78 is 89.8. The van der Waals surface area contributed by atoms with Gasteiger partial charge in [-0.25, -0.2) is 9.59 Å². The zero-order valence-electron chi connectivity index (χ0n) is 31.0. The summed E-state index contributed by atoms with van der Waals surface area (Å²) in [7, 11) is 4.20. The minimum absolute atomic E-state index is 0.0142. The first-order valence-electron chi connectivity index (χ1n) is 17.1. The first-order valence-corrected chi connectivity index (χ1v) is 18.7. The lowest BCUT2D eigenvalue weighted by Gasteiger charge is -2.29. The lowest BCUT2D eigenvalue weighted by Crippen LogP contribution is -2.42. The number of oxime groups is 2. The molecular weight excluding hydrogens is 908 g/mol. The predicted molar refractivity (Wildman–Crippen MR) is 208 cm³/mol. The number of carboxylic acid groups (broad SMARTS) is 1. The maximum atomic E-state index is 14.2. The summed E-state index contributed by atoms with van der Waals surface area (Å²) in [5, 5.41) is 33.3. The fourth-order valence-electron chi connectivity index (χ4n) is 6.77. The van der Waals surface area contributed by atoms with Crippen LogP contribution in [0.15, 0.2) is 71.0 Å². The van der Waals surface area contributed by atoms with Crippen LogP contribution in [0, 0.1) is 0 Å². The number of carbonyl (C=O) groups is 2. The molecule has 4 aromatic carbocycles. The average molecular weight is 932 g/mol. The van der Waals surface area contributed by atoms with Crippen molar-refractivity contribution >= 4 is 91.8 Å². The highest BCUT2D eigenvalue weighted by Gasteiger charge is 2.63. The van der Waals surface area contributed by atoms with Crippen LogP contribution in [0.2, 0.25) is 20.1 Å². The monoisotopic (exact) mass is 930 g/mol. The Morgan fingerprint density at radius 1 is 0.639 bits per heavy atom. The molecule has 0 spiro atoms. The number of esters is 1. The molecular formula is C37H24Cl4F6N8O6. The van der Waals surface area contributed by atoms with E-state index in [1.54, 1.807) is 0 Å². The summed E-state index contributed by atoms with van der Waals surface area (Å²) >= 11 is 23.7. The number of methoxy groups -OCH3 is 1. The van der Waals surface area contributed by atoms with Gasteiger partial charge in [-0.05, 0) is 60.7 Å². The first kappa shape index (κ1) is 43.4. The van der Waals surface area contributed by atoms with Crippen molar-refractivity contribution in [2.75, 3.05) is 7.11 Å². The van der Waals surface area contributed by atoms with Gasteiger partial charge in [0.15, 0.2) is 0 Å². The van der Waals surface area contributed by atoms with Crippen LogP contribution >= 0.6 is 46.4 Å². The zero-order valence-corrected chi connectivity index (χ0v) is 34.1. The highest BCUT2D eigenvalue weighted by molar-refractivity contribution is 6.35. The summed E-state index contributed by atoms with van der Waals surface area (Å²) in [5.41, 5.74) is -5.35. The average Bonchev–Trinajstić information content (AvgIpc) is 3.97. The molecule has 2 atom stereocenters. The van der Waals surface area contributed by atoms with Crippen molar-refractivity contribution in [3.8, 4) is 0 Å². The Balaban J connectivity index is 0.000000184. The molecule has 2 aromatic heterocycles. The number of nitrogens with zero attached hydrogens (tertiary/aromatic N) is 8. The molecule has 14 nitrogen and oxygen atoms in total. The Labute approximate surface area is 358 Å². The molecule has 2 aliphatic rings. The Morgan fingerprint density at radius 2 is 1.00 bits per heavy atom. The molecule has 24 heteroatoms. The Hall–Kier alpha value is -5.70. The van der Waals surface area contributed by atoms with Crippen LogP contribution in [0.3, 0.4) is 0 Å². The number of hydrogen-bond donors (Lipinski definition) is 1. The molecule has 61 heavy (non-hydrogen) atoms. The molecule has 318 valence electrons. The van der Waals surface area contributed by atoms with Crippen molar-refractivity contribution in [3.05, 3.63) is 114 Å². The fourth-order valence-corrected chi connectivity index (χ4v) is 7.82. The predicted octanol–water partition coefficient (Wildman–Crippen LogP) is 9.20. The minimum Gasteiger partial charge on any atom is -0.478 e. The summed E-state index contributed by atoms with van der Waals surface area (Å²) in [6.45, 7) is 0. The SMILES string of the molecule is COC(=O)c1ccc(C2=NOC(c3cc(Cl)cc(Cl)c3)(C(F)(F)F)C2)c2nn(C)nc12.Cn1nc2c(C(=O)O)ccc(C3=NOC(c4cc(Cl)cc(Cl)c4)(C(F)(F)F)C3)c2n1. The highest BCUT2D eigenvalue weighted by atomic mass is 35.5. The van der Waals surface area contributed by atoms with Gasteiger partial charge in [0.1, 0.15) is 22.1 Å². The van der Waals surface area contributed by atoms with Gasteiger partial charge in [-0.2, -0.15) is 56.3 Å². The number of carboxylic acids is 1. The molecule has 0 radical (unpaired) electrons. The quantitative estimate of drug-likeness (QED) is 0.126. The van der Waals surface area contributed by atoms with E-state index in [2.05, 4.69) is 30.7 Å². The Morgan fingerprint density at radius 3 is 1.36 bits per heavy atom. The molecule has 0 amide bonds. The number of aryl methyl sites for hydroxylation is 2. The van der Waals surface area contributed by atoms with Crippen LogP contribution < -0.4 is 0 Å². The largest absolute Gasteiger partial charge is 0.478 e. The fraction of sp³-hybridized carbons (Fsp3) is 0.243. The van der Waals surface area contributed by atoms with E-state index in [9.17, 15) is 41.0 Å². The highest BCUT2D eigenvalue weighted by Crippen LogP contribution is 2.51. The molecule has 6 aromatic rings. The standard InChI is InChI=1S/C19H13Cl2F3N4O3.C18H11Cl2F3N4O3/c1-28-25-15-12(3-4-13(16(15)26-28)17(29)30-2)14-8-18(31-27-14,19(22,23)24)9-5-10(20)7-11(21)6-9;1-27-24-14-11(2-3-12(16(28)29)15(14)25-27)13-7-17(30-26-13,18(21,22)23)8-4-9(19)6-10(20)5-8/h3-7H,8H2,1-2H3;2-6H,7H2,1H3,(H,28,29). The van der Waals surface area contributed by atoms with Crippen molar-refractivity contribution in [2.24, 2.45) is 24.4 Å². The lowest BCUT2D eigenvalue weighted by atomic mass is 9.86. The summed E-state index contributed by atoms with van der Waals surface area (Å²) in [5.74, 6) is -1.89. The van der Waals surface area contributed by atoms with Crippen LogP contribution in [0.5, 0.6) is 0 Å². The van der Waals surface area contributed by atoms with Gasteiger partial charge in [0, 0.05) is 56.4 Å². The molecule has 8 rings (SSSR count). The number of ether oxygens (including phenoxy) is 1. The van der Waals surface area contributed by atoms with Gasteiger partial charge in [0.25, 0.3) is 11.2 Å². The number of alkyl halides is 6. The molecule has 2 aliphatic heterocycles. The number of halogens is 10. The van der Waals surface area contributed by atoms with Crippen molar-refractivity contribution in [1.29, 1.82) is 0 Å². The molecule has 0 saturated heterocycles. The van der Waals surface area contributed by atoms with Gasteiger partial charge in [0.05, 0.1) is 42.5 Å². The summed E-state index contributed by atoms with van der Waals surface area (Å²) in [6, 6.07) is 12.5. The summed E-state index contributed by atoms with van der Waals surface area (Å²) in [4.78, 5) is 35.8. The van der Waals surface area contributed by atoms with E-state index in [4.69, 9.17) is 60.8 Å². The zero-order chi connectivity index (χ0) is 44.4. The molecule has 0 bridgehead atoms. The van der Waals surface area contributed by atoms with Crippen molar-refractivity contribution in [1.82, 2.24) is 30.0 Å². The molecule has 2 unspecified atom stereocenters. The molecule has 0 saturated carbocycles. The maximum Gasteiger partial charge on any atom is 0.435 e. The topological polar surface area (TPSA) is 168 Å². The van der Waals surface area contributed by atoms with Crippen molar-refractivity contribution < 1.29 is 55.5 Å². The van der Waals surface area contributed by atoms with E-state index in [0.29, 0.717) is 0 Å². The van der Waals surface area contributed by atoms with Gasteiger partial charge < -0.3 is 19.5 Å². The number of fused-ring (bicyclic) bond motifs is 2. The maximum absolute atomic E-state index is 14.2. The summed E-state index contributed by atoms with van der Waals surface area (Å²) in [6.07, 6.45) is -11.0. The van der Waals surface area contributed by atoms with Crippen molar-refractivity contribution in [3.63, 3.8) is 0 Å². The van der Waals surface area contributed by atoms with E-state index in [0.717, 1.165) is 29.1 Å². The molecule has 0 aliphatic carbocycles. The third-order valence-electron chi connectivity index (χ3n) is 9.57. The molecule has 1 N–H and O–H groups in total. The van der Waals surface area contributed by atoms with Crippen LogP contribution in [-0.4, -0.2) is 77.9 Å². The number of aromatic carboxylic acids is 1. The number of aromatic nitrogens is 6. The Bertz CT molecular complexity index is 2810. The third kappa shape index (κ3) is 7.77. The van der Waals surface area contributed by atoms with E-state index >= 15 is 0 Å². The van der Waals surface area contributed by atoms with E-state index in [1.807, 2.05) is 0 Å². The molecule has 0 fully saturated rings. The van der Waals surface area contributed by atoms with Gasteiger partial charge in [-0.3, -0.25) is 0 Å². The second-order valence-corrected chi connectivity index (χ2v) is 15.2. The van der Waals surface area contributed by atoms with Crippen LogP contribution in [-0.2, 0) is 39.7 Å². The lowest BCUT2D eigenvalue weighted by molar-refractivity contribution is -0.276. The Kier molecular flexibility index (Phi) is 11.1.